The van der Waals surface area contributed by atoms with Crippen molar-refractivity contribution < 1.29 is 19.4 Å². The van der Waals surface area contributed by atoms with E-state index in [2.05, 4.69) is 0 Å². The minimum Gasteiger partial charge on any atom is -0.444 e. The van der Waals surface area contributed by atoms with Crippen LogP contribution in [0.25, 0.3) is 0 Å². The lowest BCUT2D eigenvalue weighted by atomic mass is 9.87. The Hall–Kier alpha value is -0.810. The Morgan fingerprint density at radius 2 is 1.82 bits per heavy atom. The number of hydrogen-bond acceptors (Lipinski definition) is 4. The third-order valence-electron chi connectivity index (χ3n) is 3.94. The minimum atomic E-state index is -0.439. The third-order valence-corrected chi connectivity index (χ3v) is 3.94. The molecule has 0 aromatic carbocycles. The zero-order chi connectivity index (χ0) is 16.6. The standard InChI is InChI=1S/C17H33NO4/c1-17(2,3)22-16(20)18(4)13-14-7-9-15(10-8-14)21-12-6-5-11-19/h14-15,19H,5-13H2,1-4H3/t14-,15+. The molecule has 5 nitrogen and oxygen atoms in total. The fourth-order valence-electron chi connectivity index (χ4n) is 2.75. The van der Waals surface area contributed by atoms with Crippen LogP contribution in [0.2, 0.25) is 0 Å². The molecule has 0 radical (unpaired) electrons. The average molecular weight is 315 g/mol. The van der Waals surface area contributed by atoms with Crippen molar-refractivity contribution in [2.45, 2.75) is 71.0 Å². The Morgan fingerprint density at radius 1 is 1.18 bits per heavy atom. The van der Waals surface area contributed by atoms with Crippen molar-refractivity contribution in [3.63, 3.8) is 0 Å². The highest BCUT2D eigenvalue weighted by Gasteiger charge is 2.25. The van der Waals surface area contributed by atoms with E-state index in [9.17, 15) is 4.79 Å². The van der Waals surface area contributed by atoms with Gasteiger partial charge in [-0.15, -0.1) is 0 Å². The van der Waals surface area contributed by atoms with E-state index in [4.69, 9.17) is 14.6 Å². The highest BCUT2D eigenvalue weighted by molar-refractivity contribution is 5.67. The predicted molar refractivity (Wildman–Crippen MR) is 86.9 cm³/mol. The molecule has 0 aromatic heterocycles. The number of hydrogen-bond donors (Lipinski definition) is 1. The molecule has 1 amide bonds. The van der Waals surface area contributed by atoms with Crippen molar-refractivity contribution in [3.05, 3.63) is 0 Å². The lowest BCUT2D eigenvalue weighted by molar-refractivity contribution is 0.00601. The van der Waals surface area contributed by atoms with Crippen molar-refractivity contribution in [1.82, 2.24) is 4.90 Å². The maximum absolute atomic E-state index is 12.0. The lowest BCUT2D eigenvalue weighted by Crippen LogP contribution is -2.38. The van der Waals surface area contributed by atoms with E-state index >= 15 is 0 Å². The molecular formula is C17H33NO4. The van der Waals surface area contributed by atoms with E-state index < -0.39 is 5.60 Å². The van der Waals surface area contributed by atoms with Gasteiger partial charge in [-0.2, -0.15) is 0 Å². The number of unbranched alkanes of at least 4 members (excludes halogenated alkanes) is 1. The number of aliphatic hydroxyl groups excluding tert-OH is 1. The van der Waals surface area contributed by atoms with E-state index in [0.29, 0.717) is 12.0 Å². The van der Waals surface area contributed by atoms with Crippen LogP contribution in [0.1, 0.15) is 59.3 Å². The van der Waals surface area contributed by atoms with E-state index in [1.165, 1.54) is 0 Å². The van der Waals surface area contributed by atoms with Crippen LogP contribution in [0.4, 0.5) is 4.79 Å². The van der Waals surface area contributed by atoms with Gasteiger partial charge in [0, 0.05) is 26.8 Å². The summed E-state index contributed by atoms with van der Waals surface area (Å²) in [5.74, 6) is 0.537. The molecule has 0 saturated heterocycles. The van der Waals surface area contributed by atoms with Gasteiger partial charge in [0.2, 0.25) is 0 Å². The number of rotatable bonds is 7. The second-order valence-corrected chi connectivity index (χ2v) is 7.31. The van der Waals surface area contributed by atoms with Crippen LogP contribution in [-0.2, 0) is 9.47 Å². The van der Waals surface area contributed by atoms with Gasteiger partial charge in [0.15, 0.2) is 0 Å². The summed E-state index contributed by atoms with van der Waals surface area (Å²) in [5, 5.41) is 8.74. The van der Waals surface area contributed by atoms with Gasteiger partial charge in [-0.05, 0) is 65.2 Å². The molecule has 0 aromatic rings. The Bertz CT molecular complexity index is 319. The third kappa shape index (κ3) is 7.99. The lowest BCUT2D eigenvalue weighted by Gasteiger charge is -2.32. The fourth-order valence-corrected chi connectivity index (χ4v) is 2.75. The average Bonchev–Trinajstić information content (AvgIpc) is 2.43. The van der Waals surface area contributed by atoms with Crippen LogP contribution < -0.4 is 0 Å². The van der Waals surface area contributed by atoms with E-state index in [0.717, 1.165) is 51.7 Å². The normalized spacial score (nSPS) is 22.4. The monoisotopic (exact) mass is 315 g/mol. The Morgan fingerprint density at radius 3 is 2.36 bits per heavy atom. The largest absolute Gasteiger partial charge is 0.444 e. The molecule has 1 aliphatic carbocycles. The number of aliphatic hydroxyl groups is 1. The summed E-state index contributed by atoms with van der Waals surface area (Å²) in [6.07, 6.45) is 6.16. The molecule has 1 rings (SSSR count). The second-order valence-electron chi connectivity index (χ2n) is 7.31. The molecule has 1 aliphatic rings. The first-order chi connectivity index (χ1) is 10.3. The SMILES string of the molecule is CN(C[C@H]1CC[C@@H](OCCCCO)CC1)C(=O)OC(C)(C)C. The topological polar surface area (TPSA) is 59.0 Å². The van der Waals surface area contributed by atoms with Crippen LogP contribution >= 0.6 is 0 Å². The van der Waals surface area contributed by atoms with Crippen LogP contribution in [0.15, 0.2) is 0 Å². The summed E-state index contributed by atoms with van der Waals surface area (Å²) in [7, 11) is 1.81. The molecule has 22 heavy (non-hydrogen) atoms. The Labute approximate surface area is 135 Å². The number of carbonyl (C=O) groups excluding carboxylic acids is 1. The van der Waals surface area contributed by atoms with Gasteiger partial charge >= 0.3 is 6.09 Å². The van der Waals surface area contributed by atoms with Crippen molar-refractivity contribution in [2.75, 3.05) is 26.8 Å². The highest BCUT2D eigenvalue weighted by Crippen LogP contribution is 2.27. The molecule has 0 aliphatic heterocycles. The van der Waals surface area contributed by atoms with Gasteiger partial charge in [0.05, 0.1) is 6.10 Å². The molecule has 0 atom stereocenters. The first-order valence-corrected chi connectivity index (χ1v) is 8.48. The van der Waals surface area contributed by atoms with Crippen molar-refractivity contribution in [1.29, 1.82) is 0 Å². The number of nitrogens with zero attached hydrogens (tertiary/aromatic N) is 1. The van der Waals surface area contributed by atoms with Crippen LogP contribution in [0.3, 0.4) is 0 Å². The summed E-state index contributed by atoms with van der Waals surface area (Å²) in [5.41, 5.74) is -0.439. The number of carbonyl (C=O) groups is 1. The second kappa shape index (κ2) is 9.36. The fraction of sp³-hybridized carbons (Fsp3) is 0.941. The zero-order valence-electron chi connectivity index (χ0n) is 14.6. The number of ether oxygens (including phenoxy) is 2. The first-order valence-electron chi connectivity index (χ1n) is 8.48. The maximum Gasteiger partial charge on any atom is 0.410 e. The minimum absolute atomic E-state index is 0.241. The molecule has 1 saturated carbocycles. The molecule has 1 fully saturated rings. The molecule has 0 heterocycles. The van der Waals surface area contributed by atoms with Crippen LogP contribution in [0.5, 0.6) is 0 Å². The van der Waals surface area contributed by atoms with E-state index in [1.54, 1.807) is 4.90 Å². The molecule has 0 spiro atoms. The summed E-state index contributed by atoms with van der Waals surface area (Å²) in [6, 6.07) is 0. The van der Waals surface area contributed by atoms with Gasteiger partial charge < -0.3 is 19.5 Å². The van der Waals surface area contributed by atoms with Crippen LogP contribution in [-0.4, -0.2) is 54.6 Å². The molecule has 5 heteroatoms. The highest BCUT2D eigenvalue weighted by atomic mass is 16.6. The molecule has 0 bridgehead atoms. The Balaban J connectivity index is 2.20. The van der Waals surface area contributed by atoms with Gasteiger partial charge in [-0.1, -0.05) is 0 Å². The predicted octanol–water partition coefficient (Wildman–Crippen LogP) is 3.20. The smallest absolute Gasteiger partial charge is 0.410 e. The summed E-state index contributed by atoms with van der Waals surface area (Å²) in [6.45, 7) is 7.40. The summed E-state index contributed by atoms with van der Waals surface area (Å²) >= 11 is 0. The first kappa shape index (κ1) is 19.2. The maximum atomic E-state index is 12.0. The molecule has 1 N–H and O–H groups in total. The van der Waals surface area contributed by atoms with Gasteiger partial charge in [0.1, 0.15) is 5.60 Å². The molecule has 0 unspecified atom stereocenters. The molecule has 130 valence electrons. The Kier molecular flexibility index (Phi) is 8.18. The number of amides is 1. The van der Waals surface area contributed by atoms with Crippen molar-refractivity contribution in [2.24, 2.45) is 5.92 Å². The van der Waals surface area contributed by atoms with Crippen molar-refractivity contribution >= 4 is 6.09 Å². The molecular weight excluding hydrogens is 282 g/mol. The van der Waals surface area contributed by atoms with E-state index in [1.807, 2.05) is 27.8 Å². The van der Waals surface area contributed by atoms with Crippen LogP contribution in [0, 0.1) is 5.92 Å². The van der Waals surface area contributed by atoms with Gasteiger partial charge in [0.25, 0.3) is 0 Å². The van der Waals surface area contributed by atoms with Crippen molar-refractivity contribution in [3.8, 4) is 0 Å². The zero-order valence-corrected chi connectivity index (χ0v) is 14.6. The van der Waals surface area contributed by atoms with Gasteiger partial charge in [-0.3, -0.25) is 0 Å². The summed E-state index contributed by atoms with van der Waals surface area (Å²) in [4.78, 5) is 13.7. The van der Waals surface area contributed by atoms with Gasteiger partial charge in [-0.25, -0.2) is 4.79 Å². The summed E-state index contributed by atoms with van der Waals surface area (Å²) < 4.78 is 11.2. The van der Waals surface area contributed by atoms with E-state index in [-0.39, 0.29) is 12.7 Å². The quantitative estimate of drug-likeness (QED) is 0.733.